The summed E-state index contributed by atoms with van der Waals surface area (Å²) in [4.78, 5) is 31.5. The van der Waals surface area contributed by atoms with Gasteiger partial charge in [-0.2, -0.15) is 0 Å². The molecule has 1 atom stereocenters. The monoisotopic (exact) mass is 482 g/mol. The summed E-state index contributed by atoms with van der Waals surface area (Å²) in [5.41, 5.74) is 4.51. The van der Waals surface area contributed by atoms with Gasteiger partial charge in [0.1, 0.15) is 5.92 Å². The topological polar surface area (TPSA) is 87.8 Å². The van der Waals surface area contributed by atoms with Crippen molar-refractivity contribution >= 4 is 28.7 Å². The van der Waals surface area contributed by atoms with Crippen LogP contribution in [0.5, 0.6) is 0 Å². The number of fused-ring (bicyclic) bond motifs is 1. The van der Waals surface area contributed by atoms with Gasteiger partial charge in [0.05, 0.1) is 16.3 Å². The predicted molar refractivity (Wildman–Crippen MR) is 142 cm³/mol. The van der Waals surface area contributed by atoms with Gasteiger partial charge in [-0.1, -0.05) is 55.3 Å². The summed E-state index contributed by atoms with van der Waals surface area (Å²) in [6.45, 7) is 3.44. The summed E-state index contributed by atoms with van der Waals surface area (Å²) in [5.74, 6) is -0.966. The first-order valence-electron chi connectivity index (χ1n) is 12.6. The number of anilines is 1. The first kappa shape index (κ1) is 23.9. The molecule has 1 N–H and O–H groups in total. The van der Waals surface area contributed by atoms with Gasteiger partial charge in [-0.3, -0.25) is 19.9 Å². The van der Waals surface area contributed by atoms with E-state index < -0.39 is 10.8 Å². The highest BCUT2D eigenvalue weighted by Gasteiger charge is 2.36. The molecule has 0 radical (unpaired) electrons. The van der Waals surface area contributed by atoms with Crippen molar-refractivity contribution in [1.29, 1.82) is 0 Å². The SMILES string of the molecule is O=C1Nc2ccc([N+](=O)[O-])cc2C1C(=Nc1ccc(CCN2CCCCCC2)cc1)c1ccccc1. The highest BCUT2D eigenvalue weighted by Crippen LogP contribution is 2.38. The number of hydrogen-bond acceptors (Lipinski definition) is 5. The van der Waals surface area contributed by atoms with E-state index in [-0.39, 0.29) is 11.6 Å². The molecule has 7 heteroatoms. The van der Waals surface area contributed by atoms with Crippen molar-refractivity contribution in [1.82, 2.24) is 4.90 Å². The Labute approximate surface area is 211 Å². The number of nitro groups is 1. The number of likely N-dealkylation sites (tertiary alicyclic amines) is 1. The van der Waals surface area contributed by atoms with Crippen LogP contribution >= 0.6 is 0 Å². The number of hydrogen-bond donors (Lipinski definition) is 1. The molecule has 184 valence electrons. The fraction of sp³-hybridized carbons (Fsp3) is 0.310. The summed E-state index contributed by atoms with van der Waals surface area (Å²) >= 11 is 0. The Morgan fingerprint density at radius 3 is 2.39 bits per heavy atom. The van der Waals surface area contributed by atoms with Crippen molar-refractivity contribution < 1.29 is 9.72 Å². The van der Waals surface area contributed by atoms with Crippen LogP contribution < -0.4 is 5.32 Å². The second-order valence-electron chi connectivity index (χ2n) is 9.49. The summed E-state index contributed by atoms with van der Waals surface area (Å²) in [7, 11) is 0. The Morgan fingerprint density at radius 1 is 0.972 bits per heavy atom. The lowest BCUT2D eigenvalue weighted by Gasteiger charge is -2.19. The van der Waals surface area contributed by atoms with Crippen LogP contribution in [0.4, 0.5) is 17.1 Å². The lowest BCUT2D eigenvalue weighted by atomic mass is 9.90. The molecule has 2 heterocycles. The summed E-state index contributed by atoms with van der Waals surface area (Å²) in [5, 5.41) is 14.3. The number of non-ortho nitro benzene ring substituents is 1. The fourth-order valence-corrected chi connectivity index (χ4v) is 5.06. The normalized spacial score (nSPS) is 18.4. The van der Waals surface area contributed by atoms with E-state index in [0.29, 0.717) is 17.0 Å². The summed E-state index contributed by atoms with van der Waals surface area (Å²) in [6.07, 6.45) is 6.25. The molecule has 0 aromatic heterocycles. The van der Waals surface area contributed by atoms with Crippen LogP contribution in [0.3, 0.4) is 0 Å². The quantitative estimate of drug-likeness (QED) is 0.259. The smallest absolute Gasteiger partial charge is 0.269 e. The van der Waals surface area contributed by atoms with Crippen molar-refractivity contribution in [3.8, 4) is 0 Å². The number of carbonyl (C=O) groups excluding carboxylic acids is 1. The number of amides is 1. The lowest BCUT2D eigenvalue weighted by Crippen LogP contribution is -2.26. The van der Waals surface area contributed by atoms with Crippen LogP contribution in [0.25, 0.3) is 0 Å². The predicted octanol–water partition coefficient (Wildman–Crippen LogP) is 5.87. The molecule has 1 saturated heterocycles. The zero-order chi connectivity index (χ0) is 24.9. The van der Waals surface area contributed by atoms with Gasteiger partial charge in [0.2, 0.25) is 5.91 Å². The zero-order valence-corrected chi connectivity index (χ0v) is 20.2. The molecule has 0 saturated carbocycles. The number of nitro benzene ring substituents is 1. The van der Waals surface area contributed by atoms with E-state index in [9.17, 15) is 14.9 Å². The van der Waals surface area contributed by atoms with E-state index in [1.165, 1.54) is 56.5 Å². The summed E-state index contributed by atoms with van der Waals surface area (Å²) in [6, 6.07) is 22.2. The molecule has 2 aliphatic heterocycles. The molecule has 0 spiro atoms. The van der Waals surface area contributed by atoms with Gasteiger partial charge in [-0.05, 0) is 61.7 Å². The Kier molecular flexibility index (Phi) is 7.18. The molecule has 1 fully saturated rings. The number of carbonyl (C=O) groups is 1. The molecule has 1 unspecified atom stereocenters. The van der Waals surface area contributed by atoms with E-state index in [2.05, 4.69) is 22.3 Å². The molecule has 1 amide bonds. The molecule has 3 aromatic carbocycles. The standard InChI is InChI=1S/C29H30N4O3/c34-29-27(25-20-24(33(35)36)14-15-26(25)31-29)28(22-8-4-3-5-9-22)30-23-12-10-21(11-13-23)16-19-32-17-6-1-2-7-18-32/h3-5,8-15,20,27H,1-2,6-7,16-19H2,(H,31,34). The van der Waals surface area contributed by atoms with E-state index in [1.54, 1.807) is 6.07 Å². The van der Waals surface area contributed by atoms with Crippen molar-refractivity contribution in [2.24, 2.45) is 4.99 Å². The minimum absolute atomic E-state index is 0.0450. The number of benzene rings is 3. The molecule has 36 heavy (non-hydrogen) atoms. The van der Waals surface area contributed by atoms with Gasteiger partial charge in [0.25, 0.3) is 5.69 Å². The average molecular weight is 483 g/mol. The van der Waals surface area contributed by atoms with Gasteiger partial charge in [0, 0.05) is 29.9 Å². The summed E-state index contributed by atoms with van der Waals surface area (Å²) < 4.78 is 0. The average Bonchev–Trinajstić information content (AvgIpc) is 3.04. The highest BCUT2D eigenvalue weighted by atomic mass is 16.6. The number of aliphatic imine (C=N–C) groups is 1. The van der Waals surface area contributed by atoms with Crippen molar-refractivity contribution in [2.75, 3.05) is 25.0 Å². The van der Waals surface area contributed by atoms with Gasteiger partial charge >= 0.3 is 0 Å². The first-order valence-corrected chi connectivity index (χ1v) is 12.6. The van der Waals surface area contributed by atoms with Crippen LogP contribution in [-0.2, 0) is 11.2 Å². The van der Waals surface area contributed by atoms with E-state index in [4.69, 9.17) is 4.99 Å². The minimum Gasteiger partial charge on any atom is -0.325 e. The van der Waals surface area contributed by atoms with Crippen molar-refractivity contribution in [3.63, 3.8) is 0 Å². The largest absolute Gasteiger partial charge is 0.325 e. The third-order valence-electron chi connectivity index (χ3n) is 7.02. The third-order valence-corrected chi connectivity index (χ3v) is 7.02. The van der Waals surface area contributed by atoms with E-state index >= 15 is 0 Å². The lowest BCUT2D eigenvalue weighted by molar-refractivity contribution is -0.384. The van der Waals surface area contributed by atoms with E-state index in [1.807, 2.05) is 42.5 Å². The van der Waals surface area contributed by atoms with Gasteiger partial charge in [-0.15, -0.1) is 0 Å². The van der Waals surface area contributed by atoms with Gasteiger partial charge < -0.3 is 10.2 Å². The van der Waals surface area contributed by atoms with Crippen LogP contribution in [-0.4, -0.2) is 41.1 Å². The maximum Gasteiger partial charge on any atom is 0.269 e. The number of nitrogens with zero attached hydrogens (tertiary/aromatic N) is 3. The fourth-order valence-electron chi connectivity index (χ4n) is 5.06. The minimum atomic E-state index is -0.731. The molecular formula is C29H30N4O3. The molecular weight excluding hydrogens is 452 g/mol. The molecule has 3 aromatic rings. The van der Waals surface area contributed by atoms with Crippen molar-refractivity contribution in [3.05, 3.63) is 99.6 Å². The molecule has 0 aliphatic carbocycles. The van der Waals surface area contributed by atoms with Gasteiger partial charge in [-0.25, -0.2) is 0 Å². The van der Waals surface area contributed by atoms with Crippen LogP contribution in [0.15, 0.2) is 77.8 Å². The second kappa shape index (κ2) is 10.8. The van der Waals surface area contributed by atoms with Crippen LogP contribution in [0.1, 0.15) is 48.3 Å². The molecule has 0 bridgehead atoms. The second-order valence-corrected chi connectivity index (χ2v) is 9.49. The Morgan fingerprint density at radius 2 is 1.69 bits per heavy atom. The van der Waals surface area contributed by atoms with Crippen LogP contribution in [0, 0.1) is 10.1 Å². The molecule has 2 aliphatic rings. The van der Waals surface area contributed by atoms with E-state index in [0.717, 1.165) is 24.2 Å². The maximum absolute atomic E-state index is 13.1. The first-order chi connectivity index (χ1) is 17.6. The Hall–Kier alpha value is -3.84. The Bertz CT molecular complexity index is 1260. The van der Waals surface area contributed by atoms with Crippen molar-refractivity contribution in [2.45, 2.75) is 38.0 Å². The van der Waals surface area contributed by atoms with Crippen LogP contribution in [0.2, 0.25) is 0 Å². The zero-order valence-electron chi connectivity index (χ0n) is 20.2. The number of rotatable bonds is 7. The molecule has 5 rings (SSSR count). The Balaban J connectivity index is 1.43. The molecule has 7 nitrogen and oxygen atoms in total. The van der Waals surface area contributed by atoms with Gasteiger partial charge in [0.15, 0.2) is 0 Å². The third kappa shape index (κ3) is 5.36. The highest BCUT2D eigenvalue weighted by molar-refractivity contribution is 6.24. The number of nitrogens with one attached hydrogen (secondary N) is 1. The maximum atomic E-state index is 13.1.